The molecule has 2 N–H and O–H groups in total. The van der Waals surface area contributed by atoms with E-state index in [1.807, 2.05) is 7.05 Å². The highest BCUT2D eigenvalue weighted by Crippen LogP contribution is 2.11. The van der Waals surface area contributed by atoms with Crippen LogP contribution < -0.4 is 5.32 Å². The fraction of sp³-hybridized carbons (Fsp3) is 1.00. The molecule has 0 aromatic rings. The Labute approximate surface area is 108 Å². The Kier molecular flexibility index (Phi) is 8.01. The van der Waals surface area contributed by atoms with E-state index in [0.29, 0.717) is 11.8 Å². The summed E-state index contributed by atoms with van der Waals surface area (Å²) in [5.41, 5.74) is -0.147. The first kappa shape index (κ1) is 16.9. The average Bonchev–Trinajstić information content (AvgIpc) is 2.24. The molecule has 0 amide bonds. The minimum Gasteiger partial charge on any atom is -0.394 e. The van der Waals surface area contributed by atoms with Crippen molar-refractivity contribution in [3.05, 3.63) is 0 Å². The van der Waals surface area contributed by atoms with Crippen LogP contribution in [-0.4, -0.2) is 48.8 Å². The zero-order valence-corrected chi connectivity index (χ0v) is 12.6. The van der Waals surface area contributed by atoms with Crippen LogP contribution in [0.2, 0.25) is 0 Å². The third-order valence-electron chi connectivity index (χ3n) is 3.18. The van der Waals surface area contributed by atoms with Crippen molar-refractivity contribution in [2.24, 2.45) is 11.8 Å². The van der Waals surface area contributed by atoms with Crippen molar-refractivity contribution in [1.82, 2.24) is 10.2 Å². The average molecular weight is 244 g/mol. The van der Waals surface area contributed by atoms with Gasteiger partial charge in [0, 0.05) is 18.6 Å². The number of nitrogens with one attached hydrogen (secondary N) is 1. The van der Waals surface area contributed by atoms with Crippen LogP contribution in [-0.2, 0) is 0 Å². The largest absolute Gasteiger partial charge is 0.394 e. The van der Waals surface area contributed by atoms with E-state index >= 15 is 0 Å². The van der Waals surface area contributed by atoms with Gasteiger partial charge in [0.25, 0.3) is 0 Å². The van der Waals surface area contributed by atoms with Crippen LogP contribution in [0.3, 0.4) is 0 Å². The van der Waals surface area contributed by atoms with Gasteiger partial charge in [-0.25, -0.2) is 0 Å². The van der Waals surface area contributed by atoms with Crippen molar-refractivity contribution in [2.75, 3.05) is 33.3 Å². The molecule has 0 aliphatic carbocycles. The molecule has 0 aromatic carbocycles. The Balaban J connectivity index is 4.23. The molecule has 0 saturated carbocycles. The highest BCUT2D eigenvalue weighted by Gasteiger charge is 2.22. The Morgan fingerprint density at radius 3 is 1.88 bits per heavy atom. The summed E-state index contributed by atoms with van der Waals surface area (Å²) < 4.78 is 0. The lowest BCUT2D eigenvalue weighted by Gasteiger charge is -2.32. The van der Waals surface area contributed by atoms with Gasteiger partial charge in [0.15, 0.2) is 0 Å². The monoisotopic (exact) mass is 244 g/mol. The molecule has 1 atom stereocenters. The highest BCUT2D eigenvalue weighted by atomic mass is 16.3. The van der Waals surface area contributed by atoms with E-state index in [4.69, 9.17) is 0 Å². The fourth-order valence-electron chi connectivity index (χ4n) is 1.98. The van der Waals surface area contributed by atoms with Crippen molar-refractivity contribution in [1.29, 1.82) is 0 Å². The summed E-state index contributed by atoms with van der Waals surface area (Å²) in [6, 6.07) is 0. The number of nitrogens with zero attached hydrogens (tertiary/aromatic N) is 1. The summed E-state index contributed by atoms with van der Waals surface area (Å²) in [6.45, 7) is 14.7. The molecule has 3 heteroatoms. The van der Waals surface area contributed by atoms with E-state index in [9.17, 15) is 5.11 Å². The molecular formula is C14H32N2O. The SMILES string of the molecule is CNC(C)(CO)CCN(CC(C)C)CC(C)C. The molecule has 0 radical (unpaired) electrons. The molecule has 0 spiro atoms. The van der Waals surface area contributed by atoms with Crippen LogP contribution in [0.5, 0.6) is 0 Å². The zero-order valence-electron chi connectivity index (χ0n) is 12.6. The van der Waals surface area contributed by atoms with Crippen molar-refractivity contribution >= 4 is 0 Å². The first-order valence-corrected chi connectivity index (χ1v) is 6.85. The second kappa shape index (κ2) is 8.06. The molecule has 0 aromatic heterocycles. The number of aliphatic hydroxyl groups excluding tert-OH is 1. The molecule has 104 valence electrons. The fourth-order valence-corrected chi connectivity index (χ4v) is 1.98. The lowest BCUT2D eigenvalue weighted by molar-refractivity contribution is 0.141. The highest BCUT2D eigenvalue weighted by molar-refractivity contribution is 4.82. The summed E-state index contributed by atoms with van der Waals surface area (Å²) in [6.07, 6.45) is 0.986. The number of aliphatic hydroxyl groups is 1. The Morgan fingerprint density at radius 2 is 1.59 bits per heavy atom. The van der Waals surface area contributed by atoms with Gasteiger partial charge in [-0.15, -0.1) is 0 Å². The molecule has 0 aliphatic rings. The van der Waals surface area contributed by atoms with E-state index < -0.39 is 0 Å². The number of hydrogen-bond acceptors (Lipinski definition) is 3. The summed E-state index contributed by atoms with van der Waals surface area (Å²) >= 11 is 0. The van der Waals surface area contributed by atoms with Crippen LogP contribution in [0.4, 0.5) is 0 Å². The Morgan fingerprint density at radius 1 is 1.12 bits per heavy atom. The van der Waals surface area contributed by atoms with Gasteiger partial charge in [0.2, 0.25) is 0 Å². The van der Waals surface area contributed by atoms with Gasteiger partial charge in [0.05, 0.1) is 6.61 Å². The molecule has 0 fully saturated rings. The second-order valence-electron chi connectivity index (χ2n) is 6.27. The third kappa shape index (κ3) is 7.74. The van der Waals surface area contributed by atoms with E-state index in [1.54, 1.807) is 0 Å². The van der Waals surface area contributed by atoms with Gasteiger partial charge in [0.1, 0.15) is 0 Å². The molecule has 0 saturated heterocycles. The van der Waals surface area contributed by atoms with Gasteiger partial charge in [-0.2, -0.15) is 0 Å². The van der Waals surface area contributed by atoms with Crippen molar-refractivity contribution in [3.63, 3.8) is 0 Å². The Hall–Kier alpha value is -0.120. The summed E-state index contributed by atoms with van der Waals surface area (Å²) in [7, 11) is 1.92. The van der Waals surface area contributed by atoms with Gasteiger partial charge >= 0.3 is 0 Å². The third-order valence-corrected chi connectivity index (χ3v) is 3.18. The smallest absolute Gasteiger partial charge is 0.0610 e. The van der Waals surface area contributed by atoms with Crippen LogP contribution in [0.1, 0.15) is 41.0 Å². The first-order valence-electron chi connectivity index (χ1n) is 6.85. The number of hydrogen-bond donors (Lipinski definition) is 2. The normalized spacial score (nSPS) is 15.9. The van der Waals surface area contributed by atoms with Crippen LogP contribution in [0, 0.1) is 11.8 Å². The zero-order chi connectivity index (χ0) is 13.5. The molecule has 0 heterocycles. The molecule has 0 bridgehead atoms. The summed E-state index contributed by atoms with van der Waals surface area (Å²) in [5.74, 6) is 1.40. The summed E-state index contributed by atoms with van der Waals surface area (Å²) in [5, 5.41) is 12.6. The molecule has 0 rings (SSSR count). The maximum Gasteiger partial charge on any atom is 0.0610 e. The van der Waals surface area contributed by atoms with E-state index in [2.05, 4.69) is 44.8 Å². The van der Waals surface area contributed by atoms with Crippen molar-refractivity contribution in [3.8, 4) is 0 Å². The van der Waals surface area contributed by atoms with Gasteiger partial charge < -0.3 is 15.3 Å². The van der Waals surface area contributed by atoms with E-state index in [-0.39, 0.29) is 12.1 Å². The van der Waals surface area contributed by atoms with Crippen LogP contribution in [0.15, 0.2) is 0 Å². The van der Waals surface area contributed by atoms with Gasteiger partial charge in [-0.1, -0.05) is 27.7 Å². The van der Waals surface area contributed by atoms with Crippen LogP contribution in [0.25, 0.3) is 0 Å². The van der Waals surface area contributed by atoms with E-state index in [0.717, 1.165) is 26.1 Å². The van der Waals surface area contributed by atoms with Gasteiger partial charge in [-0.05, 0) is 38.8 Å². The predicted octanol–water partition coefficient (Wildman–Crippen LogP) is 1.96. The lowest BCUT2D eigenvalue weighted by Crippen LogP contribution is -2.46. The topological polar surface area (TPSA) is 35.5 Å². The summed E-state index contributed by atoms with van der Waals surface area (Å²) in [4.78, 5) is 2.51. The quantitative estimate of drug-likeness (QED) is 0.651. The molecule has 0 aliphatic heterocycles. The maximum absolute atomic E-state index is 9.38. The minimum absolute atomic E-state index is 0.147. The van der Waals surface area contributed by atoms with Crippen molar-refractivity contribution in [2.45, 2.75) is 46.6 Å². The Bertz CT molecular complexity index is 179. The first-order chi connectivity index (χ1) is 7.83. The minimum atomic E-state index is -0.147. The van der Waals surface area contributed by atoms with Gasteiger partial charge in [-0.3, -0.25) is 0 Å². The van der Waals surface area contributed by atoms with Crippen LogP contribution >= 0.6 is 0 Å². The second-order valence-corrected chi connectivity index (χ2v) is 6.27. The molecule has 17 heavy (non-hydrogen) atoms. The number of likely N-dealkylation sites (N-methyl/N-ethyl adjacent to an activating group) is 1. The maximum atomic E-state index is 9.38. The van der Waals surface area contributed by atoms with E-state index in [1.165, 1.54) is 0 Å². The molecule has 3 nitrogen and oxygen atoms in total. The number of rotatable bonds is 9. The molecular weight excluding hydrogens is 212 g/mol. The predicted molar refractivity (Wildman–Crippen MR) is 75.3 cm³/mol. The van der Waals surface area contributed by atoms with Crippen molar-refractivity contribution < 1.29 is 5.11 Å². The molecule has 1 unspecified atom stereocenters. The lowest BCUT2D eigenvalue weighted by atomic mass is 9.98. The standard InChI is InChI=1S/C14H32N2O/c1-12(2)9-16(10-13(3)4)8-7-14(5,11-17)15-6/h12-13,15,17H,7-11H2,1-6H3.